The zero-order chi connectivity index (χ0) is 12.8. The van der Waals surface area contributed by atoms with Crippen molar-refractivity contribution in [2.24, 2.45) is 28.9 Å². The Hall–Kier alpha value is -0.570. The minimum absolute atomic E-state index is 0.0982. The van der Waals surface area contributed by atoms with E-state index < -0.39 is 0 Å². The van der Waals surface area contributed by atoms with Crippen LogP contribution in [-0.4, -0.2) is 30.4 Å². The summed E-state index contributed by atoms with van der Waals surface area (Å²) in [6.07, 6.45) is 3.62. The maximum Gasteiger partial charge on any atom is 0.227 e. The third kappa shape index (κ3) is 2.49. The molecule has 0 heterocycles. The van der Waals surface area contributed by atoms with Gasteiger partial charge in [-0.15, -0.1) is 0 Å². The van der Waals surface area contributed by atoms with Gasteiger partial charge in [0.05, 0.1) is 5.92 Å². The summed E-state index contributed by atoms with van der Waals surface area (Å²) >= 11 is 0. The molecule has 4 atom stereocenters. The van der Waals surface area contributed by atoms with Crippen molar-refractivity contribution in [3.63, 3.8) is 0 Å². The van der Waals surface area contributed by atoms with Gasteiger partial charge in [-0.1, -0.05) is 20.8 Å². The molecule has 0 aromatic carbocycles. The van der Waals surface area contributed by atoms with E-state index in [0.717, 1.165) is 6.54 Å². The molecule has 2 bridgehead atoms. The summed E-state index contributed by atoms with van der Waals surface area (Å²) in [6.45, 7) is 7.30. The van der Waals surface area contributed by atoms with Crippen LogP contribution < -0.4 is 5.73 Å². The summed E-state index contributed by atoms with van der Waals surface area (Å²) in [7, 11) is 1.92. The Bertz CT molecular complexity index is 306. The Kier molecular flexibility index (Phi) is 3.23. The number of nitrogens with two attached hydrogens (primary N) is 1. The molecule has 3 heteroatoms. The second-order valence-electron chi connectivity index (χ2n) is 7.19. The van der Waals surface area contributed by atoms with Crippen LogP contribution in [0, 0.1) is 23.2 Å². The molecule has 3 nitrogen and oxygen atoms in total. The largest absolute Gasteiger partial charge is 0.345 e. The van der Waals surface area contributed by atoms with E-state index in [1.807, 2.05) is 11.9 Å². The standard InChI is InChI=1S/C14H26N2O/c1-14(2,3)8-16(4)13(17)11-9-5-6-10(7-9)12(11)15/h9-12H,5-8,15H2,1-4H3. The van der Waals surface area contributed by atoms with Crippen molar-refractivity contribution < 1.29 is 4.79 Å². The van der Waals surface area contributed by atoms with E-state index in [-0.39, 0.29) is 23.3 Å². The zero-order valence-electron chi connectivity index (χ0n) is 11.6. The first-order chi connectivity index (χ1) is 7.79. The maximum absolute atomic E-state index is 12.5. The molecular formula is C14H26N2O. The summed E-state index contributed by atoms with van der Waals surface area (Å²) in [6, 6.07) is 0.115. The SMILES string of the molecule is CN(CC(C)(C)C)C(=O)C1C2CCC(C2)C1N. The minimum Gasteiger partial charge on any atom is -0.345 e. The van der Waals surface area contributed by atoms with Gasteiger partial charge in [-0.05, 0) is 36.5 Å². The molecule has 2 rings (SSSR count). The van der Waals surface area contributed by atoms with Crippen LogP contribution in [0.5, 0.6) is 0 Å². The van der Waals surface area contributed by atoms with E-state index in [1.165, 1.54) is 19.3 Å². The Morgan fingerprint density at radius 3 is 2.35 bits per heavy atom. The van der Waals surface area contributed by atoms with Crippen molar-refractivity contribution in [3.8, 4) is 0 Å². The second-order valence-corrected chi connectivity index (χ2v) is 7.19. The molecule has 0 aromatic heterocycles. The molecule has 2 aliphatic rings. The lowest BCUT2D eigenvalue weighted by Gasteiger charge is -2.33. The summed E-state index contributed by atoms with van der Waals surface area (Å²) in [5, 5.41) is 0. The average Bonchev–Trinajstić information content (AvgIpc) is 2.74. The summed E-state index contributed by atoms with van der Waals surface area (Å²) in [4.78, 5) is 14.4. The fourth-order valence-electron chi connectivity index (χ4n) is 3.75. The third-order valence-electron chi connectivity index (χ3n) is 4.35. The Balaban J connectivity index is 2.01. The van der Waals surface area contributed by atoms with Crippen LogP contribution in [0.2, 0.25) is 0 Å². The smallest absolute Gasteiger partial charge is 0.227 e. The number of hydrogen-bond acceptors (Lipinski definition) is 2. The topological polar surface area (TPSA) is 46.3 Å². The van der Waals surface area contributed by atoms with E-state index in [4.69, 9.17) is 5.73 Å². The van der Waals surface area contributed by atoms with Crippen molar-refractivity contribution in [1.29, 1.82) is 0 Å². The lowest BCUT2D eigenvalue weighted by Crippen LogP contribution is -2.47. The molecule has 4 unspecified atom stereocenters. The molecule has 17 heavy (non-hydrogen) atoms. The Morgan fingerprint density at radius 1 is 1.29 bits per heavy atom. The van der Waals surface area contributed by atoms with Gasteiger partial charge in [-0.2, -0.15) is 0 Å². The Morgan fingerprint density at radius 2 is 1.88 bits per heavy atom. The normalized spacial score (nSPS) is 36.3. The molecule has 2 N–H and O–H groups in total. The van der Waals surface area contributed by atoms with Gasteiger partial charge in [-0.25, -0.2) is 0 Å². The van der Waals surface area contributed by atoms with Crippen LogP contribution in [0.1, 0.15) is 40.0 Å². The lowest BCUT2D eigenvalue weighted by molar-refractivity contribution is -0.137. The van der Waals surface area contributed by atoms with Crippen LogP contribution in [0.25, 0.3) is 0 Å². The number of carbonyl (C=O) groups excluding carboxylic acids is 1. The fourth-order valence-corrected chi connectivity index (χ4v) is 3.75. The van der Waals surface area contributed by atoms with Gasteiger partial charge in [0.2, 0.25) is 5.91 Å². The highest BCUT2D eigenvalue weighted by Crippen LogP contribution is 2.48. The quantitative estimate of drug-likeness (QED) is 0.798. The number of rotatable bonds is 2. The van der Waals surface area contributed by atoms with E-state index in [0.29, 0.717) is 11.8 Å². The monoisotopic (exact) mass is 238 g/mol. The number of nitrogens with zero attached hydrogens (tertiary/aromatic N) is 1. The van der Waals surface area contributed by atoms with Crippen LogP contribution >= 0.6 is 0 Å². The van der Waals surface area contributed by atoms with E-state index in [1.54, 1.807) is 0 Å². The van der Waals surface area contributed by atoms with E-state index >= 15 is 0 Å². The van der Waals surface area contributed by atoms with Gasteiger partial charge in [0.25, 0.3) is 0 Å². The summed E-state index contributed by atoms with van der Waals surface area (Å²) in [5.74, 6) is 1.54. The second kappa shape index (κ2) is 4.27. The lowest BCUT2D eigenvalue weighted by atomic mass is 9.83. The van der Waals surface area contributed by atoms with Crippen molar-refractivity contribution >= 4 is 5.91 Å². The van der Waals surface area contributed by atoms with Gasteiger partial charge < -0.3 is 10.6 Å². The van der Waals surface area contributed by atoms with Crippen molar-refractivity contribution in [3.05, 3.63) is 0 Å². The third-order valence-corrected chi connectivity index (χ3v) is 4.35. The van der Waals surface area contributed by atoms with Crippen LogP contribution in [-0.2, 0) is 4.79 Å². The first kappa shape index (κ1) is 12.9. The average molecular weight is 238 g/mol. The van der Waals surface area contributed by atoms with Crippen LogP contribution in [0.15, 0.2) is 0 Å². The Labute approximate surface area is 105 Å². The number of hydrogen-bond donors (Lipinski definition) is 1. The molecule has 2 saturated carbocycles. The number of carbonyl (C=O) groups is 1. The molecule has 0 spiro atoms. The summed E-state index contributed by atoms with van der Waals surface area (Å²) < 4.78 is 0. The molecule has 0 aromatic rings. The first-order valence-corrected chi connectivity index (χ1v) is 6.80. The molecule has 0 radical (unpaired) electrons. The van der Waals surface area contributed by atoms with Crippen LogP contribution in [0.3, 0.4) is 0 Å². The highest BCUT2D eigenvalue weighted by molar-refractivity contribution is 5.80. The van der Waals surface area contributed by atoms with Gasteiger partial charge in [0, 0.05) is 19.6 Å². The molecule has 2 aliphatic carbocycles. The fraction of sp³-hybridized carbons (Fsp3) is 0.929. The molecule has 98 valence electrons. The van der Waals surface area contributed by atoms with Crippen LogP contribution in [0.4, 0.5) is 0 Å². The number of amides is 1. The van der Waals surface area contributed by atoms with Crippen molar-refractivity contribution in [1.82, 2.24) is 4.90 Å². The van der Waals surface area contributed by atoms with E-state index in [9.17, 15) is 4.79 Å². The predicted molar refractivity (Wildman–Crippen MR) is 69.4 cm³/mol. The summed E-state index contributed by atoms with van der Waals surface area (Å²) in [5.41, 5.74) is 6.38. The van der Waals surface area contributed by atoms with Gasteiger partial charge in [-0.3, -0.25) is 4.79 Å². The van der Waals surface area contributed by atoms with Gasteiger partial charge in [0.1, 0.15) is 0 Å². The first-order valence-electron chi connectivity index (χ1n) is 6.80. The van der Waals surface area contributed by atoms with Gasteiger partial charge >= 0.3 is 0 Å². The van der Waals surface area contributed by atoms with Gasteiger partial charge in [0.15, 0.2) is 0 Å². The predicted octanol–water partition coefficient (Wildman–Crippen LogP) is 1.86. The van der Waals surface area contributed by atoms with Crippen molar-refractivity contribution in [2.75, 3.05) is 13.6 Å². The minimum atomic E-state index is 0.0982. The molecular weight excluding hydrogens is 212 g/mol. The van der Waals surface area contributed by atoms with E-state index in [2.05, 4.69) is 20.8 Å². The highest BCUT2D eigenvalue weighted by Gasteiger charge is 2.49. The van der Waals surface area contributed by atoms with Crippen molar-refractivity contribution in [2.45, 2.75) is 46.1 Å². The maximum atomic E-state index is 12.5. The molecule has 2 fully saturated rings. The molecule has 0 aliphatic heterocycles. The molecule has 1 amide bonds. The highest BCUT2D eigenvalue weighted by atomic mass is 16.2. The number of fused-ring (bicyclic) bond motifs is 2. The molecule has 0 saturated heterocycles. The zero-order valence-corrected chi connectivity index (χ0v) is 11.6.